The van der Waals surface area contributed by atoms with Crippen molar-refractivity contribution >= 4 is 28.3 Å². The van der Waals surface area contributed by atoms with Crippen LogP contribution in [0.25, 0.3) is 0 Å². The standard InChI is InChI=1S/C8H4BrF4N/c1-14-4-2-5(8(11,12)13)7(9)6(10)3-4/h2-3H,1H2. The van der Waals surface area contributed by atoms with E-state index in [0.29, 0.717) is 0 Å². The minimum absolute atomic E-state index is 0.155. The third-order valence-corrected chi connectivity index (χ3v) is 2.31. The lowest BCUT2D eigenvalue weighted by Crippen LogP contribution is -2.06. The summed E-state index contributed by atoms with van der Waals surface area (Å²) in [7, 11) is 0. The summed E-state index contributed by atoms with van der Waals surface area (Å²) >= 11 is 2.52. The lowest BCUT2D eigenvalue weighted by atomic mass is 10.2. The molecule has 0 fully saturated rings. The number of halogens is 5. The van der Waals surface area contributed by atoms with Crippen molar-refractivity contribution in [3.05, 3.63) is 28.0 Å². The maximum atomic E-state index is 12.9. The lowest BCUT2D eigenvalue weighted by Gasteiger charge is -2.10. The number of rotatable bonds is 1. The second-order valence-corrected chi connectivity index (χ2v) is 3.24. The van der Waals surface area contributed by atoms with Crippen molar-refractivity contribution in [1.29, 1.82) is 0 Å². The van der Waals surface area contributed by atoms with Gasteiger partial charge in [-0.2, -0.15) is 13.2 Å². The Morgan fingerprint density at radius 1 is 1.29 bits per heavy atom. The Bertz CT molecular complexity index is 372. The molecule has 1 nitrogen and oxygen atoms in total. The van der Waals surface area contributed by atoms with Crippen LogP contribution in [-0.4, -0.2) is 6.72 Å². The van der Waals surface area contributed by atoms with Crippen LogP contribution in [-0.2, 0) is 6.18 Å². The average molecular weight is 270 g/mol. The largest absolute Gasteiger partial charge is 0.417 e. The van der Waals surface area contributed by atoms with Gasteiger partial charge in [0.25, 0.3) is 0 Å². The van der Waals surface area contributed by atoms with Crippen molar-refractivity contribution in [2.45, 2.75) is 6.18 Å². The third kappa shape index (κ3) is 2.12. The highest BCUT2D eigenvalue weighted by Crippen LogP contribution is 2.38. The lowest BCUT2D eigenvalue weighted by molar-refractivity contribution is -0.138. The molecule has 0 atom stereocenters. The normalized spacial score (nSPS) is 11.5. The van der Waals surface area contributed by atoms with Crippen molar-refractivity contribution in [3.8, 4) is 0 Å². The maximum Gasteiger partial charge on any atom is 0.417 e. The van der Waals surface area contributed by atoms with Crippen LogP contribution in [0.4, 0.5) is 23.2 Å². The van der Waals surface area contributed by atoms with Crippen LogP contribution < -0.4 is 0 Å². The van der Waals surface area contributed by atoms with E-state index in [4.69, 9.17) is 0 Å². The second kappa shape index (κ2) is 3.68. The zero-order chi connectivity index (χ0) is 10.9. The van der Waals surface area contributed by atoms with E-state index in [1.54, 1.807) is 0 Å². The summed E-state index contributed by atoms with van der Waals surface area (Å²) in [5.74, 6) is -1.01. The molecule has 0 amide bonds. The van der Waals surface area contributed by atoms with Gasteiger partial charge < -0.3 is 0 Å². The molecule has 0 aliphatic rings. The zero-order valence-electron chi connectivity index (χ0n) is 6.70. The van der Waals surface area contributed by atoms with E-state index < -0.39 is 22.0 Å². The first kappa shape index (κ1) is 11.2. The molecule has 0 unspecified atom stereocenters. The van der Waals surface area contributed by atoms with Crippen LogP contribution in [0.2, 0.25) is 0 Å². The molecule has 0 radical (unpaired) electrons. The molecular weight excluding hydrogens is 266 g/mol. The number of nitrogens with zero attached hydrogens (tertiary/aromatic N) is 1. The Morgan fingerprint density at radius 3 is 2.29 bits per heavy atom. The molecular formula is C8H4BrF4N. The molecule has 1 aromatic carbocycles. The highest BCUT2D eigenvalue weighted by molar-refractivity contribution is 9.10. The van der Waals surface area contributed by atoms with Crippen LogP contribution in [0.15, 0.2) is 21.6 Å². The highest BCUT2D eigenvalue weighted by Gasteiger charge is 2.34. The molecule has 6 heteroatoms. The van der Waals surface area contributed by atoms with Gasteiger partial charge >= 0.3 is 6.18 Å². The van der Waals surface area contributed by atoms with Gasteiger partial charge in [0, 0.05) is 6.07 Å². The van der Waals surface area contributed by atoms with E-state index in [1.165, 1.54) is 0 Å². The quantitative estimate of drug-likeness (QED) is 0.541. The highest BCUT2D eigenvalue weighted by atomic mass is 79.9. The van der Waals surface area contributed by atoms with Crippen LogP contribution in [0, 0.1) is 5.82 Å². The third-order valence-electron chi connectivity index (χ3n) is 1.50. The Hall–Kier alpha value is -0.910. The van der Waals surface area contributed by atoms with Gasteiger partial charge in [-0.1, -0.05) is 0 Å². The van der Waals surface area contributed by atoms with Crippen molar-refractivity contribution < 1.29 is 17.6 Å². The van der Waals surface area contributed by atoms with E-state index in [0.717, 1.165) is 12.1 Å². The minimum atomic E-state index is -4.61. The fourth-order valence-electron chi connectivity index (χ4n) is 0.872. The van der Waals surface area contributed by atoms with Crippen molar-refractivity contribution in [1.82, 2.24) is 0 Å². The van der Waals surface area contributed by atoms with E-state index in [2.05, 4.69) is 27.6 Å². The minimum Gasteiger partial charge on any atom is -0.265 e. The average Bonchev–Trinajstić information content (AvgIpc) is 2.07. The van der Waals surface area contributed by atoms with Gasteiger partial charge in [-0.15, -0.1) is 0 Å². The molecule has 0 N–H and O–H groups in total. The number of alkyl halides is 3. The van der Waals surface area contributed by atoms with Gasteiger partial charge in [0.2, 0.25) is 0 Å². The predicted octanol–water partition coefficient (Wildman–Crippen LogP) is 3.94. The van der Waals surface area contributed by atoms with E-state index in [9.17, 15) is 17.6 Å². The SMILES string of the molecule is C=Nc1cc(F)c(Br)c(C(F)(F)F)c1. The van der Waals surface area contributed by atoms with Crippen LogP contribution in [0.1, 0.15) is 5.56 Å². The molecule has 14 heavy (non-hydrogen) atoms. The Balaban J connectivity index is 3.42. The Labute approximate surface area is 85.6 Å². The molecule has 0 aromatic heterocycles. The van der Waals surface area contributed by atoms with Gasteiger partial charge in [0.05, 0.1) is 15.7 Å². The monoisotopic (exact) mass is 269 g/mol. The zero-order valence-corrected chi connectivity index (χ0v) is 8.28. The fraction of sp³-hybridized carbons (Fsp3) is 0.125. The van der Waals surface area contributed by atoms with Crippen LogP contribution in [0.5, 0.6) is 0 Å². The number of hydrogen-bond acceptors (Lipinski definition) is 1. The van der Waals surface area contributed by atoms with Gasteiger partial charge in [-0.25, -0.2) is 4.39 Å². The molecule has 0 aliphatic carbocycles. The van der Waals surface area contributed by atoms with Crippen LogP contribution >= 0.6 is 15.9 Å². The molecule has 0 spiro atoms. The van der Waals surface area contributed by atoms with Crippen molar-refractivity contribution in [2.24, 2.45) is 4.99 Å². The van der Waals surface area contributed by atoms with Crippen molar-refractivity contribution in [3.63, 3.8) is 0 Å². The summed E-state index contributed by atoms with van der Waals surface area (Å²) in [5.41, 5.74) is -1.25. The number of benzene rings is 1. The van der Waals surface area contributed by atoms with Gasteiger partial charge in [0.1, 0.15) is 5.82 Å². The maximum absolute atomic E-state index is 12.9. The first-order chi connectivity index (χ1) is 6.36. The molecule has 0 heterocycles. The molecule has 0 saturated carbocycles. The topological polar surface area (TPSA) is 12.4 Å². The fourth-order valence-corrected chi connectivity index (χ4v) is 1.33. The smallest absolute Gasteiger partial charge is 0.265 e. The van der Waals surface area contributed by atoms with Crippen molar-refractivity contribution in [2.75, 3.05) is 0 Å². The molecule has 0 aliphatic heterocycles. The summed E-state index contributed by atoms with van der Waals surface area (Å²) in [6.45, 7) is 3.03. The Morgan fingerprint density at radius 2 is 1.86 bits per heavy atom. The molecule has 76 valence electrons. The summed E-state index contributed by atoms with van der Waals surface area (Å²) in [5, 5.41) is 0. The summed E-state index contributed by atoms with van der Waals surface area (Å²) < 4.78 is 49.2. The van der Waals surface area contributed by atoms with Gasteiger partial charge in [0.15, 0.2) is 0 Å². The predicted molar refractivity (Wildman–Crippen MR) is 48.3 cm³/mol. The van der Waals surface area contributed by atoms with E-state index in [-0.39, 0.29) is 5.69 Å². The summed E-state index contributed by atoms with van der Waals surface area (Å²) in [6.07, 6.45) is -4.61. The van der Waals surface area contributed by atoms with E-state index in [1.807, 2.05) is 0 Å². The first-order valence-corrected chi connectivity index (χ1v) is 4.18. The molecule has 1 aromatic rings. The van der Waals surface area contributed by atoms with Crippen LogP contribution in [0.3, 0.4) is 0 Å². The molecule has 0 saturated heterocycles. The summed E-state index contributed by atoms with van der Waals surface area (Å²) in [4.78, 5) is 3.24. The van der Waals surface area contributed by atoms with Gasteiger partial charge in [-0.3, -0.25) is 4.99 Å². The Kier molecular flexibility index (Phi) is 2.94. The molecule has 1 rings (SSSR count). The number of hydrogen-bond donors (Lipinski definition) is 0. The number of aliphatic imine (C=N–C) groups is 1. The second-order valence-electron chi connectivity index (χ2n) is 2.45. The first-order valence-electron chi connectivity index (χ1n) is 3.39. The molecule has 0 bridgehead atoms. The van der Waals surface area contributed by atoms with Gasteiger partial charge in [-0.05, 0) is 28.7 Å². The summed E-state index contributed by atoms with van der Waals surface area (Å²) in [6, 6.07) is 1.59. The van der Waals surface area contributed by atoms with E-state index >= 15 is 0 Å².